The first kappa shape index (κ1) is 15.3. The summed E-state index contributed by atoms with van der Waals surface area (Å²) in [7, 11) is 1.32. The summed E-state index contributed by atoms with van der Waals surface area (Å²) < 4.78 is 30.5. The van der Waals surface area contributed by atoms with Crippen molar-refractivity contribution in [2.24, 2.45) is 0 Å². The number of aromatic nitrogens is 1. The molecule has 0 radical (unpaired) electrons. The molecule has 2 aromatic rings. The van der Waals surface area contributed by atoms with Crippen molar-refractivity contribution in [1.82, 2.24) is 9.29 Å². The zero-order valence-electron chi connectivity index (χ0n) is 12.1. The van der Waals surface area contributed by atoms with Crippen LogP contribution in [0.4, 0.5) is 5.69 Å². The number of hydrogen-bond acceptors (Lipinski definition) is 5. The molecular weight excluding hydrogens is 290 g/mol. The Morgan fingerprint density at radius 3 is 2.24 bits per heavy atom. The Bertz CT molecular complexity index is 695. The maximum absolute atomic E-state index is 11.9. The van der Waals surface area contributed by atoms with Gasteiger partial charge in [0.15, 0.2) is 0 Å². The lowest BCUT2D eigenvalue weighted by Gasteiger charge is -2.11. The number of nitrogens with zero attached hydrogens (tertiary/aromatic N) is 2. The summed E-state index contributed by atoms with van der Waals surface area (Å²) in [6.07, 6.45) is 1.28. The van der Waals surface area contributed by atoms with Crippen LogP contribution in [-0.4, -0.2) is 38.9 Å². The van der Waals surface area contributed by atoms with Crippen LogP contribution in [0.25, 0.3) is 0 Å². The van der Waals surface area contributed by atoms with Gasteiger partial charge in [-0.15, -0.1) is 0 Å². The Morgan fingerprint density at radius 2 is 1.76 bits per heavy atom. The standard InChI is InChI=1S/C14H17N3O3S/c1-15-11-4-6-12(7-5-11)20-14-9-8-13(10-16-14)21(18,19)17(2)3/h4-10,15H,1-3H3. The van der Waals surface area contributed by atoms with E-state index in [1.54, 1.807) is 12.1 Å². The quantitative estimate of drug-likeness (QED) is 0.916. The summed E-state index contributed by atoms with van der Waals surface area (Å²) in [6.45, 7) is 0. The molecule has 1 heterocycles. The molecule has 112 valence electrons. The first-order valence-corrected chi connectivity index (χ1v) is 7.72. The molecule has 1 aromatic carbocycles. The van der Waals surface area contributed by atoms with Gasteiger partial charge in [-0.3, -0.25) is 0 Å². The topological polar surface area (TPSA) is 71.5 Å². The van der Waals surface area contributed by atoms with Gasteiger partial charge < -0.3 is 10.1 Å². The van der Waals surface area contributed by atoms with E-state index in [-0.39, 0.29) is 4.90 Å². The van der Waals surface area contributed by atoms with Gasteiger partial charge in [-0.1, -0.05) is 0 Å². The monoisotopic (exact) mass is 307 g/mol. The lowest BCUT2D eigenvalue weighted by molar-refractivity contribution is 0.461. The average Bonchev–Trinajstić information content (AvgIpc) is 2.48. The number of rotatable bonds is 5. The molecule has 7 heteroatoms. The first-order valence-electron chi connectivity index (χ1n) is 6.28. The van der Waals surface area contributed by atoms with Crippen molar-refractivity contribution < 1.29 is 13.2 Å². The van der Waals surface area contributed by atoms with Gasteiger partial charge in [-0.2, -0.15) is 0 Å². The SMILES string of the molecule is CNc1ccc(Oc2ccc(S(=O)(=O)N(C)C)cn2)cc1. The van der Waals surface area contributed by atoms with Crippen molar-refractivity contribution >= 4 is 15.7 Å². The lowest BCUT2D eigenvalue weighted by Crippen LogP contribution is -2.22. The molecule has 1 N–H and O–H groups in total. The summed E-state index contributed by atoms with van der Waals surface area (Å²) in [5, 5.41) is 3.01. The van der Waals surface area contributed by atoms with E-state index in [1.165, 1.54) is 32.4 Å². The second-order valence-electron chi connectivity index (χ2n) is 4.50. The highest BCUT2D eigenvalue weighted by molar-refractivity contribution is 7.89. The largest absolute Gasteiger partial charge is 0.439 e. The molecule has 0 atom stereocenters. The van der Waals surface area contributed by atoms with E-state index < -0.39 is 10.0 Å². The highest BCUT2D eigenvalue weighted by Crippen LogP contribution is 2.22. The summed E-state index contributed by atoms with van der Waals surface area (Å²) in [4.78, 5) is 4.15. The van der Waals surface area contributed by atoms with Crippen LogP contribution < -0.4 is 10.1 Å². The smallest absolute Gasteiger partial charge is 0.244 e. The number of ether oxygens (including phenoxy) is 1. The Labute approximate surface area is 124 Å². The number of nitrogens with one attached hydrogen (secondary N) is 1. The van der Waals surface area contributed by atoms with Gasteiger partial charge in [0.05, 0.1) is 6.20 Å². The Balaban J connectivity index is 2.15. The van der Waals surface area contributed by atoms with Gasteiger partial charge >= 0.3 is 0 Å². The molecule has 0 aliphatic carbocycles. The number of hydrogen-bond donors (Lipinski definition) is 1. The number of sulfonamides is 1. The van der Waals surface area contributed by atoms with E-state index in [0.717, 1.165) is 9.99 Å². The Hall–Kier alpha value is -2.12. The zero-order chi connectivity index (χ0) is 15.5. The van der Waals surface area contributed by atoms with E-state index in [0.29, 0.717) is 11.6 Å². The van der Waals surface area contributed by atoms with Gasteiger partial charge in [-0.05, 0) is 30.3 Å². The minimum absolute atomic E-state index is 0.130. The van der Waals surface area contributed by atoms with Crippen LogP contribution in [0, 0.1) is 0 Å². The van der Waals surface area contributed by atoms with Crippen molar-refractivity contribution in [1.29, 1.82) is 0 Å². The fourth-order valence-electron chi connectivity index (χ4n) is 1.60. The minimum Gasteiger partial charge on any atom is -0.439 e. The van der Waals surface area contributed by atoms with Gasteiger partial charge in [0, 0.05) is 32.9 Å². The molecule has 0 saturated heterocycles. The predicted octanol–water partition coefficient (Wildman–Crippen LogP) is 2.17. The zero-order valence-corrected chi connectivity index (χ0v) is 12.9. The van der Waals surface area contributed by atoms with Crippen molar-refractivity contribution in [3.63, 3.8) is 0 Å². The van der Waals surface area contributed by atoms with Crippen molar-refractivity contribution in [3.8, 4) is 11.6 Å². The third kappa shape index (κ3) is 3.50. The molecule has 0 fully saturated rings. The predicted molar refractivity (Wildman–Crippen MR) is 81.2 cm³/mol. The van der Waals surface area contributed by atoms with Crippen LogP contribution in [0.1, 0.15) is 0 Å². The second-order valence-corrected chi connectivity index (χ2v) is 6.65. The third-order valence-electron chi connectivity index (χ3n) is 2.85. The van der Waals surface area contributed by atoms with Gasteiger partial charge in [0.1, 0.15) is 10.6 Å². The average molecular weight is 307 g/mol. The van der Waals surface area contributed by atoms with E-state index in [2.05, 4.69) is 10.3 Å². The molecule has 2 rings (SSSR count). The first-order chi connectivity index (χ1) is 9.93. The molecule has 0 bridgehead atoms. The van der Waals surface area contributed by atoms with E-state index in [4.69, 9.17) is 4.74 Å². The van der Waals surface area contributed by atoms with Crippen LogP contribution >= 0.6 is 0 Å². The summed E-state index contributed by atoms with van der Waals surface area (Å²) >= 11 is 0. The molecule has 0 saturated carbocycles. The highest BCUT2D eigenvalue weighted by Gasteiger charge is 2.17. The van der Waals surface area contributed by atoms with E-state index in [1.807, 2.05) is 19.2 Å². The maximum Gasteiger partial charge on any atom is 0.244 e. The van der Waals surface area contributed by atoms with Crippen LogP contribution in [0.15, 0.2) is 47.5 Å². The number of anilines is 1. The van der Waals surface area contributed by atoms with E-state index in [9.17, 15) is 8.42 Å². The molecule has 0 aliphatic rings. The van der Waals surface area contributed by atoms with Crippen LogP contribution in [0.3, 0.4) is 0 Å². The van der Waals surface area contributed by atoms with Crippen LogP contribution in [0.5, 0.6) is 11.6 Å². The van der Waals surface area contributed by atoms with Crippen molar-refractivity contribution in [2.75, 3.05) is 26.5 Å². The van der Waals surface area contributed by atoms with Gasteiger partial charge in [0.2, 0.25) is 15.9 Å². The lowest BCUT2D eigenvalue weighted by atomic mass is 10.3. The summed E-state index contributed by atoms with van der Waals surface area (Å²) in [5.74, 6) is 0.967. The van der Waals surface area contributed by atoms with Gasteiger partial charge in [-0.25, -0.2) is 17.7 Å². The number of pyridine rings is 1. The van der Waals surface area contributed by atoms with Crippen LogP contribution in [0.2, 0.25) is 0 Å². The normalized spacial score (nSPS) is 11.4. The second kappa shape index (κ2) is 6.11. The van der Waals surface area contributed by atoms with E-state index >= 15 is 0 Å². The highest BCUT2D eigenvalue weighted by atomic mass is 32.2. The molecule has 0 amide bonds. The fourth-order valence-corrected chi connectivity index (χ4v) is 2.45. The molecule has 1 aromatic heterocycles. The Kier molecular flexibility index (Phi) is 4.44. The van der Waals surface area contributed by atoms with Crippen molar-refractivity contribution in [3.05, 3.63) is 42.6 Å². The molecule has 21 heavy (non-hydrogen) atoms. The summed E-state index contributed by atoms with van der Waals surface area (Å²) in [5.41, 5.74) is 0.975. The maximum atomic E-state index is 11.9. The minimum atomic E-state index is -3.47. The number of benzene rings is 1. The summed E-state index contributed by atoms with van der Waals surface area (Å²) in [6, 6.07) is 10.4. The van der Waals surface area contributed by atoms with Gasteiger partial charge in [0.25, 0.3) is 0 Å². The molecule has 0 spiro atoms. The molecule has 0 unspecified atom stereocenters. The van der Waals surface area contributed by atoms with Crippen LogP contribution in [-0.2, 0) is 10.0 Å². The van der Waals surface area contributed by atoms with Crippen molar-refractivity contribution in [2.45, 2.75) is 4.90 Å². The Morgan fingerprint density at radius 1 is 1.10 bits per heavy atom. The molecular formula is C14H17N3O3S. The third-order valence-corrected chi connectivity index (χ3v) is 4.65. The fraction of sp³-hybridized carbons (Fsp3) is 0.214. The molecule has 6 nitrogen and oxygen atoms in total. The molecule has 0 aliphatic heterocycles.